The summed E-state index contributed by atoms with van der Waals surface area (Å²) in [5, 5.41) is 4.52. The highest BCUT2D eigenvalue weighted by atomic mass is 32.2. The zero-order chi connectivity index (χ0) is 13.5. The lowest BCUT2D eigenvalue weighted by Gasteiger charge is -2.13. The Kier molecular flexibility index (Phi) is 3.51. The van der Waals surface area contributed by atoms with Gasteiger partial charge in [-0.25, -0.2) is 8.42 Å². The first-order chi connectivity index (χ1) is 8.35. The van der Waals surface area contributed by atoms with E-state index in [2.05, 4.69) is 12.0 Å². The van der Waals surface area contributed by atoms with E-state index in [9.17, 15) is 8.42 Å². The summed E-state index contributed by atoms with van der Waals surface area (Å²) in [7, 11) is -2.88. The van der Waals surface area contributed by atoms with Crippen molar-refractivity contribution < 1.29 is 8.42 Å². The second-order valence-electron chi connectivity index (χ2n) is 5.22. The molecule has 2 rings (SSSR count). The standard InChI is InChI=1S/C12H21N3O2S/c1-8(6-13)12-9(2)14-15(10(12)3)11-4-5-18(16,17)7-11/h8,11H,4-7,13H2,1-3H3. The molecule has 102 valence electrons. The molecule has 5 nitrogen and oxygen atoms in total. The van der Waals surface area contributed by atoms with Crippen LogP contribution in [0.5, 0.6) is 0 Å². The molecule has 0 aromatic carbocycles. The van der Waals surface area contributed by atoms with E-state index in [0.717, 1.165) is 11.4 Å². The van der Waals surface area contributed by atoms with Gasteiger partial charge in [0.25, 0.3) is 0 Å². The van der Waals surface area contributed by atoms with E-state index in [-0.39, 0.29) is 23.5 Å². The number of aromatic nitrogens is 2. The quantitative estimate of drug-likeness (QED) is 0.887. The molecule has 0 saturated carbocycles. The largest absolute Gasteiger partial charge is 0.330 e. The van der Waals surface area contributed by atoms with Crippen LogP contribution in [0.1, 0.15) is 42.3 Å². The van der Waals surface area contributed by atoms with Crippen LogP contribution in [0.25, 0.3) is 0 Å². The topological polar surface area (TPSA) is 78.0 Å². The Labute approximate surface area is 108 Å². The van der Waals surface area contributed by atoms with Gasteiger partial charge in [0.05, 0.1) is 23.2 Å². The first kappa shape index (κ1) is 13.5. The van der Waals surface area contributed by atoms with Gasteiger partial charge >= 0.3 is 0 Å². The lowest BCUT2D eigenvalue weighted by molar-refractivity contribution is 0.485. The third-order valence-corrected chi connectivity index (χ3v) is 5.53. The summed E-state index contributed by atoms with van der Waals surface area (Å²) >= 11 is 0. The van der Waals surface area contributed by atoms with Gasteiger partial charge in [0.15, 0.2) is 9.84 Å². The Morgan fingerprint density at radius 3 is 2.67 bits per heavy atom. The van der Waals surface area contributed by atoms with Crippen LogP contribution >= 0.6 is 0 Å². The Bertz CT molecular complexity index is 548. The van der Waals surface area contributed by atoms with Gasteiger partial charge in [-0.2, -0.15) is 5.10 Å². The fourth-order valence-electron chi connectivity index (χ4n) is 2.83. The van der Waals surface area contributed by atoms with Crippen molar-refractivity contribution in [2.45, 2.75) is 39.2 Å². The second kappa shape index (κ2) is 4.66. The molecule has 2 unspecified atom stereocenters. The van der Waals surface area contributed by atoms with Gasteiger partial charge in [0.1, 0.15) is 0 Å². The maximum absolute atomic E-state index is 11.5. The minimum atomic E-state index is -2.88. The van der Waals surface area contributed by atoms with Crippen LogP contribution in [0, 0.1) is 13.8 Å². The zero-order valence-corrected chi connectivity index (χ0v) is 12.0. The predicted molar refractivity (Wildman–Crippen MR) is 71.5 cm³/mol. The Morgan fingerprint density at radius 1 is 1.50 bits per heavy atom. The van der Waals surface area contributed by atoms with E-state index in [4.69, 9.17) is 5.73 Å². The van der Waals surface area contributed by atoms with Crippen molar-refractivity contribution in [2.75, 3.05) is 18.1 Å². The summed E-state index contributed by atoms with van der Waals surface area (Å²) < 4.78 is 25.0. The van der Waals surface area contributed by atoms with E-state index >= 15 is 0 Å². The van der Waals surface area contributed by atoms with Crippen molar-refractivity contribution in [2.24, 2.45) is 5.73 Å². The molecule has 2 N–H and O–H groups in total. The van der Waals surface area contributed by atoms with E-state index < -0.39 is 9.84 Å². The molecule has 1 saturated heterocycles. The van der Waals surface area contributed by atoms with Crippen molar-refractivity contribution in [1.29, 1.82) is 0 Å². The summed E-state index contributed by atoms with van der Waals surface area (Å²) in [5.41, 5.74) is 8.91. The first-order valence-corrected chi connectivity index (χ1v) is 8.14. The molecular weight excluding hydrogens is 250 g/mol. The molecule has 0 spiro atoms. The molecule has 0 bridgehead atoms. The highest BCUT2D eigenvalue weighted by Crippen LogP contribution is 2.29. The molecule has 1 aromatic rings. The highest BCUT2D eigenvalue weighted by Gasteiger charge is 2.31. The van der Waals surface area contributed by atoms with Crippen LogP contribution < -0.4 is 5.73 Å². The Balaban J connectivity index is 2.36. The maximum atomic E-state index is 11.5. The number of hydrogen-bond acceptors (Lipinski definition) is 4. The van der Waals surface area contributed by atoms with E-state index in [0.29, 0.717) is 13.0 Å². The van der Waals surface area contributed by atoms with Crippen molar-refractivity contribution in [1.82, 2.24) is 9.78 Å². The van der Waals surface area contributed by atoms with Crippen LogP contribution in [0.4, 0.5) is 0 Å². The summed E-state index contributed by atoms with van der Waals surface area (Å²) in [4.78, 5) is 0. The fourth-order valence-corrected chi connectivity index (χ4v) is 4.52. The summed E-state index contributed by atoms with van der Waals surface area (Å²) in [5.74, 6) is 0.750. The molecule has 1 aromatic heterocycles. The monoisotopic (exact) mass is 271 g/mol. The summed E-state index contributed by atoms with van der Waals surface area (Å²) in [6, 6.07) is -0.00701. The molecule has 2 heterocycles. The van der Waals surface area contributed by atoms with Gasteiger partial charge in [-0.15, -0.1) is 0 Å². The second-order valence-corrected chi connectivity index (χ2v) is 7.45. The molecule has 0 amide bonds. The lowest BCUT2D eigenvalue weighted by atomic mass is 9.99. The van der Waals surface area contributed by atoms with Gasteiger partial charge in [-0.1, -0.05) is 6.92 Å². The van der Waals surface area contributed by atoms with Crippen LogP contribution in [-0.4, -0.2) is 36.2 Å². The minimum Gasteiger partial charge on any atom is -0.330 e. The predicted octanol–water partition coefficient (Wildman–Crippen LogP) is 0.922. The van der Waals surface area contributed by atoms with Crippen LogP contribution in [0.3, 0.4) is 0 Å². The van der Waals surface area contributed by atoms with Gasteiger partial charge in [0.2, 0.25) is 0 Å². The molecule has 18 heavy (non-hydrogen) atoms. The van der Waals surface area contributed by atoms with Gasteiger partial charge in [-0.3, -0.25) is 4.68 Å². The van der Waals surface area contributed by atoms with Crippen molar-refractivity contribution in [3.05, 3.63) is 17.0 Å². The van der Waals surface area contributed by atoms with E-state index in [1.54, 1.807) is 0 Å². The van der Waals surface area contributed by atoms with Gasteiger partial charge in [0, 0.05) is 5.69 Å². The van der Waals surface area contributed by atoms with Crippen LogP contribution in [0.2, 0.25) is 0 Å². The number of rotatable bonds is 3. The van der Waals surface area contributed by atoms with Gasteiger partial charge in [-0.05, 0) is 38.3 Å². The number of nitrogens with two attached hydrogens (primary N) is 1. The molecule has 6 heteroatoms. The normalized spacial score (nSPS) is 24.3. The third kappa shape index (κ3) is 2.31. The minimum absolute atomic E-state index is 0.00701. The SMILES string of the molecule is Cc1nn(C2CCS(=O)(=O)C2)c(C)c1C(C)CN. The number of sulfone groups is 1. The molecular formula is C12H21N3O2S. The van der Waals surface area contributed by atoms with Crippen LogP contribution in [-0.2, 0) is 9.84 Å². The molecule has 0 aliphatic carbocycles. The average molecular weight is 271 g/mol. The average Bonchev–Trinajstić information content (AvgIpc) is 2.78. The number of aryl methyl sites for hydroxylation is 1. The summed E-state index contributed by atoms with van der Waals surface area (Å²) in [6.45, 7) is 6.63. The van der Waals surface area contributed by atoms with Crippen LogP contribution in [0.15, 0.2) is 0 Å². The zero-order valence-electron chi connectivity index (χ0n) is 11.2. The maximum Gasteiger partial charge on any atom is 0.152 e. The molecule has 1 fully saturated rings. The Hall–Kier alpha value is -0.880. The number of nitrogens with zero attached hydrogens (tertiary/aromatic N) is 2. The van der Waals surface area contributed by atoms with Crippen molar-refractivity contribution in [3.63, 3.8) is 0 Å². The van der Waals surface area contributed by atoms with E-state index in [1.165, 1.54) is 5.56 Å². The van der Waals surface area contributed by atoms with Gasteiger partial charge < -0.3 is 5.73 Å². The first-order valence-electron chi connectivity index (χ1n) is 6.32. The van der Waals surface area contributed by atoms with E-state index in [1.807, 2.05) is 18.5 Å². The molecule has 2 atom stereocenters. The molecule has 0 radical (unpaired) electrons. The third-order valence-electron chi connectivity index (χ3n) is 3.78. The highest BCUT2D eigenvalue weighted by molar-refractivity contribution is 7.91. The molecule has 1 aliphatic rings. The smallest absolute Gasteiger partial charge is 0.152 e. The molecule has 1 aliphatic heterocycles. The fraction of sp³-hybridized carbons (Fsp3) is 0.750. The van der Waals surface area contributed by atoms with Crippen molar-refractivity contribution >= 4 is 9.84 Å². The Morgan fingerprint density at radius 2 is 2.17 bits per heavy atom. The lowest BCUT2D eigenvalue weighted by Crippen LogP contribution is -2.15. The summed E-state index contributed by atoms with van der Waals surface area (Å²) in [6.07, 6.45) is 0.667. The number of hydrogen-bond donors (Lipinski definition) is 1. The van der Waals surface area contributed by atoms with Crippen molar-refractivity contribution in [3.8, 4) is 0 Å².